The monoisotopic (exact) mass is 237 g/mol. The number of aliphatic carboxylic acids is 1. The van der Waals surface area contributed by atoms with Crippen molar-refractivity contribution < 1.29 is 19.4 Å². The first-order valence-electron chi connectivity index (χ1n) is 5.15. The molecule has 92 valence electrons. The summed E-state index contributed by atoms with van der Waals surface area (Å²) in [6, 6.07) is 6.18. The summed E-state index contributed by atoms with van der Waals surface area (Å²) < 4.78 is 5.04. The standard InChI is InChI=1S/C12H15NO4/c1-8(14)13-11(12(15)16)7-9-4-3-5-10(6-9)17-2/h3-6,11H,7H2,1-2H3,(H,13,14)(H,15,16)/t11-/m1/s1. The maximum absolute atomic E-state index is 10.9. The average molecular weight is 237 g/mol. The van der Waals surface area contributed by atoms with Crippen molar-refractivity contribution in [2.45, 2.75) is 19.4 Å². The van der Waals surface area contributed by atoms with Crippen LogP contribution in [0.4, 0.5) is 0 Å². The van der Waals surface area contributed by atoms with Crippen molar-refractivity contribution in [2.75, 3.05) is 7.11 Å². The van der Waals surface area contributed by atoms with Crippen LogP contribution in [0.1, 0.15) is 12.5 Å². The summed E-state index contributed by atoms with van der Waals surface area (Å²) in [6.07, 6.45) is 0.228. The van der Waals surface area contributed by atoms with Crippen LogP contribution in [-0.4, -0.2) is 30.1 Å². The van der Waals surface area contributed by atoms with E-state index in [1.807, 2.05) is 0 Å². The molecular formula is C12H15NO4. The zero-order chi connectivity index (χ0) is 12.8. The van der Waals surface area contributed by atoms with Crippen LogP contribution in [0.25, 0.3) is 0 Å². The van der Waals surface area contributed by atoms with Gasteiger partial charge >= 0.3 is 5.97 Å². The molecule has 1 atom stereocenters. The molecule has 1 aromatic rings. The number of hydrogen-bond acceptors (Lipinski definition) is 3. The normalized spacial score (nSPS) is 11.6. The first-order chi connectivity index (χ1) is 8.02. The second kappa shape index (κ2) is 5.89. The SMILES string of the molecule is COc1cccc(C[C@@H](NC(C)=O)C(=O)O)c1. The van der Waals surface area contributed by atoms with Crippen molar-refractivity contribution in [2.24, 2.45) is 0 Å². The Labute approximate surface area is 99.4 Å². The maximum atomic E-state index is 10.9. The van der Waals surface area contributed by atoms with Gasteiger partial charge in [0, 0.05) is 13.3 Å². The molecular weight excluding hydrogens is 222 g/mol. The molecule has 0 aliphatic carbocycles. The quantitative estimate of drug-likeness (QED) is 0.795. The van der Waals surface area contributed by atoms with Crippen LogP contribution in [0, 0.1) is 0 Å². The molecule has 0 unspecified atom stereocenters. The smallest absolute Gasteiger partial charge is 0.326 e. The van der Waals surface area contributed by atoms with Crippen LogP contribution >= 0.6 is 0 Å². The molecule has 5 heteroatoms. The van der Waals surface area contributed by atoms with E-state index in [1.165, 1.54) is 6.92 Å². The molecule has 0 radical (unpaired) electrons. The fraction of sp³-hybridized carbons (Fsp3) is 0.333. The van der Waals surface area contributed by atoms with Crippen molar-refractivity contribution in [1.29, 1.82) is 0 Å². The summed E-state index contributed by atoms with van der Waals surface area (Å²) in [5.74, 6) is -0.752. The number of rotatable bonds is 5. The molecule has 0 heterocycles. The maximum Gasteiger partial charge on any atom is 0.326 e. The fourth-order valence-corrected chi connectivity index (χ4v) is 1.48. The van der Waals surface area contributed by atoms with E-state index in [4.69, 9.17) is 9.84 Å². The lowest BCUT2D eigenvalue weighted by Crippen LogP contribution is -2.41. The van der Waals surface area contributed by atoms with E-state index in [0.717, 1.165) is 5.56 Å². The van der Waals surface area contributed by atoms with E-state index in [9.17, 15) is 9.59 Å². The van der Waals surface area contributed by atoms with Crippen LogP contribution in [0.5, 0.6) is 5.75 Å². The molecule has 0 fully saturated rings. The molecule has 1 aromatic carbocycles. The topological polar surface area (TPSA) is 75.6 Å². The van der Waals surface area contributed by atoms with Crippen molar-refractivity contribution in [3.8, 4) is 5.75 Å². The number of benzene rings is 1. The number of carbonyl (C=O) groups is 2. The molecule has 1 amide bonds. The molecule has 0 aromatic heterocycles. The second-order valence-corrected chi connectivity index (χ2v) is 3.65. The molecule has 0 bridgehead atoms. The van der Waals surface area contributed by atoms with Gasteiger partial charge in [0.2, 0.25) is 5.91 Å². The molecule has 5 nitrogen and oxygen atoms in total. The number of ether oxygens (including phenoxy) is 1. The highest BCUT2D eigenvalue weighted by atomic mass is 16.5. The van der Waals surface area contributed by atoms with Crippen LogP contribution in [0.3, 0.4) is 0 Å². The highest BCUT2D eigenvalue weighted by Crippen LogP contribution is 2.14. The Morgan fingerprint density at radius 3 is 2.71 bits per heavy atom. The Hall–Kier alpha value is -2.04. The van der Waals surface area contributed by atoms with Gasteiger partial charge in [0.15, 0.2) is 0 Å². The molecule has 17 heavy (non-hydrogen) atoms. The summed E-state index contributed by atoms with van der Waals surface area (Å²) in [5.41, 5.74) is 0.797. The minimum absolute atomic E-state index is 0.228. The Bertz CT molecular complexity index is 417. The van der Waals surface area contributed by atoms with E-state index in [-0.39, 0.29) is 12.3 Å². The van der Waals surface area contributed by atoms with Gasteiger partial charge in [-0.2, -0.15) is 0 Å². The zero-order valence-corrected chi connectivity index (χ0v) is 9.77. The third-order valence-electron chi connectivity index (χ3n) is 2.25. The highest BCUT2D eigenvalue weighted by Gasteiger charge is 2.18. The van der Waals surface area contributed by atoms with Gasteiger partial charge in [0.05, 0.1) is 7.11 Å². The van der Waals surface area contributed by atoms with E-state index >= 15 is 0 Å². The van der Waals surface area contributed by atoms with Crippen LogP contribution in [-0.2, 0) is 16.0 Å². The van der Waals surface area contributed by atoms with Crippen molar-refractivity contribution in [3.05, 3.63) is 29.8 Å². The van der Waals surface area contributed by atoms with Crippen LogP contribution < -0.4 is 10.1 Å². The van der Waals surface area contributed by atoms with Gasteiger partial charge in [-0.3, -0.25) is 4.79 Å². The molecule has 0 aliphatic heterocycles. The van der Waals surface area contributed by atoms with Gasteiger partial charge in [-0.15, -0.1) is 0 Å². The van der Waals surface area contributed by atoms with Gasteiger partial charge in [0.1, 0.15) is 11.8 Å². The van der Waals surface area contributed by atoms with Crippen molar-refractivity contribution >= 4 is 11.9 Å². The lowest BCUT2D eigenvalue weighted by molar-refractivity contribution is -0.141. The summed E-state index contributed by atoms with van der Waals surface area (Å²) >= 11 is 0. The van der Waals surface area contributed by atoms with Crippen LogP contribution in [0.15, 0.2) is 24.3 Å². The van der Waals surface area contributed by atoms with Gasteiger partial charge in [0.25, 0.3) is 0 Å². The number of methoxy groups -OCH3 is 1. The van der Waals surface area contributed by atoms with Gasteiger partial charge < -0.3 is 15.2 Å². The number of carboxylic acids is 1. The summed E-state index contributed by atoms with van der Waals surface area (Å²) in [5, 5.41) is 11.3. The summed E-state index contributed by atoms with van der Waals surface area (Å²) in [6.45, 7) is 1.29. The van der Waals surface area contributed by atoms with Crippen LogP contribution in [0.2, 0.25) is 0 Å². The first-order valence-corrected chi connectivity index (χ1v) is 5.15. The largest absolute Gasteiger partial charge is 0.497 e. The number of amides is 1. The van der Waals surface area contributed by atoms with Gasteiger partial charge in [-0.25, -0.2) is 4.79 Å². The number of carboxylic acid groups (broad SMARTS) is 1. The van der Waals surface area contributed by atoms with Gasteiger partial charge in [-0.1, -0.05) is 12.1 Å². The van der Waals surface area contributed by atoms with E-state index in [1.54, 1.807) is 31.4 Å². The average Bonchev–Trinajstić information content (AvgIpc) is 2.27. The number of nitrogens with one attached hydrogen (secondary N) is 1. The predicted octanol–water partition coefficient (Wildman–Crippen LogP) is 0.827. The lowest BCUT2D eigenvalue weighted by atomic mass is 10.1. The highest BCUT2D eigenvalue weighted by molar-refractivity contribution is 5.82. The second-order valence-electron chi connectivity index (χ2n) is 3.65. The minimum atomic E-state index is -1.05. The molecule has 0 aliphatic rings. The van der Waals surface area contributed by atoms with Crippen molar-refractivity contribution in [3.63, 3.8) is 0 Å². The Morgan fingerprint density at radius 2 is 2.18 bits per heavy atom. The third kappa shape index (κ3) is 4.14. The molecule has 0 spiro atoms. The number of hydrogen-bond donors (Lipinski definition) is 2. The first kappa shape index (κ1) is 13.0. The van der Waals surface area contributed by atoms with E-state index < -0.39 is 12.0 Å². The predicted molar refractivity (Wildman–Crippen MR) is 61.9 cm³/mol. The Balaban J connectivity index is 2.78. The Kier molecular flexibility index (Phi) is 4.51. The van der Waals surface area contributed by atoms with Gasteiger partial charge in [-0.05, 0) is 17.7 Å². The Morgan fingerprint density at radius 1 is 1.47 bits per heavy atom. The lowest BCUT2D eigenvalue weighted by Gasteiger charge is -2.13. The summed E-state index contributed by atoms with van der Waals surface area (Å²) in [4.78, 5) is 21.8. The molecule has 0 saturated carbocycles. The molecule has 0 saturated heterocycles. The molecule has 1 rings (SSSR count). The van der Waals surface area contributed by atoms with E-state index in [0.29, 0.717) is 5.75 Å². The minimum Gasteiger partial charge on any atom is -0.497 e. The summed E-state index contributed by atoms with van der Waals surface area (Å²) in [7, 11) is 1.54. The zero-order valence-electron chi connectivity index (χ0n) is 9.77. The molecule has 2 N–H and O–H groups in total. The van der Waals surface area contributed by atoms with E-state index in [2.05, 4.69) is 5.32 Å². The number of carbonyl (C=O) groups excluding carboxylic acids is 1. The van der Waals surface area contributed by atoms with Crippen molar-refractivity contribution in [1.82, 2.24) is 5.32 Å². The fourth-order valence-electron chi connectivity index (χ4n) is 1.48. The third-order valence-corrected chi connectivity index (χ3v) is 2.25.